The Morgan fingerprint density at radius 2 is 2.08 bits per heavy atom. The number of methoxy groups -OCH3 is 1. The first-order chi connectivity index (χ1) is 12.2. The van der Waals surface area contributed by atoms with Gasteiger partial charge in [-0.15, -0.1) is 0 Å². The van der Waals surface area contributed by atoms with Crippen molar-refractivity contribution < 1.29 is 14.9 Å². The van der Waals surface area contributed by atoms with Crippen LogP contribution in [0.5, 0.6) is 0 Å². The number of rotatable bonds is 8. The zero-order valence-corrected chi connectivity index (χ0v) is 15.1. The number of ether oxygens (including phenoxy) is 1. The average molecular weight is 349 g/mol. The quantitative estimate of drug-likeness (QED) is 0.651. The smallest absolute Gasteiger partial charge is 0.130 e. The van der Waals surface area contributed by atoms with E-state index in [2.05, 4.69) is 15.3 Å². The Morgan fingerprint density at radius 3 is 2.80 bits per heavy atom. The maximum Gasteiger partial charge on any atom is 0.130 e. The Morgan fingerprint density at radius 1 is 1.28 bits per heavy atom. The maximum atomic E-state index is 10.4. The van der Waals surface area contributed by atoms with Crippen LogP contribution in [-0.2, 0) is 17.6 Å². The number of aliphatic hydroxyl groups is 2. The molecule has 1 heterocycles. The number of hydrogen-bond donors (Lipinski definition) is 3. The van der Waals surface area contributed by atoms with E-state index in [1.807, 2.05) is 6.07 Å². The lowest BCUT2D eigenvalue weighted by atomic mass is 9.88. The maximum absolute atomic E-state index is 10.4. The number of hydrogen-bond acceptors (Lipinski definition) is 6. The molecule has 0 radical (unpaired) electrons. The van der Waals surface area contributed by atoms with Crippen LogP contribution in [0.4, 0.5) is 0 Å². The topological polar surface area (TPSA) is 87.5 Å². The minimum atomic E-state index is -0.441. The van der Waals surface area contributed by atoms with Gasteiger partial charge in [-0.2, -0.15) is 0 Å². The molecule has 0 unspecified atom stereocenters. The summed E-state index contributed by atoms with van der Waals surface area (Å²) in [5.74, 6) is 0.904. The minimum Gasteiger partial charge on any atom is -0.396 e. The van der Waals surface area contributed by atoms with Gasteiger partial charge in [0.2, 0.25) is 0 Å². The highest BCUT2D eigenvalue weighted by Gasteiger charge is 2.43. The average Bonchev–Trinajstić information content (AvgIpc) is 3.22. The van der Waals surface area contributed by atoms with Crippen molar-refractivity contribution in [3.05, 3.63) is 23.8 Å². The Kier molecular flexibility index (Phi) is 6.76. The number of nitrogens with one attached hydrogen (secondary N) is 1. The third kappa shape index (κ3) is 4.76. The van der Waals surface area contributed by atoms with Crippen LogP contribution in [0.25, 0.3) is 0 Å². The lowest BCUT2D eigenvalue weighted by Crippen LogP contribution is -2.41. The largest absolute Gasteiger partial charge is 0.396 e. The monoisotopic (exact) mass is 349 g/mol. The number of aromatic nitrogens is 2. The number of aliphatic hydroxyl groups excluding tert-OH is 2. The molecule has 6 nitrogen and oxygen atoms in total. The number of nitrogens with zero attached hydrogens (tertiary/aromatic N) is 2. The molecule has 1 aromatic rings. The van der Waals surface area contributed by atoms with E-state index in [9.17, 15) is 10.2 Å². The Balaban J connectivity index is 1.69. The molecule has 0 amide bonds. The van der Waals surface area contributed by atoms with Crippen molar-refractivity contribution in [2.45, 2.75) is 63.1 Å². The van der Waals surface area contributed by atoms with Gasteiger partial charge < -0.3 is 20.3 Å². The van der Waals surface area contributed by atoms with Gasteiger partial charge in [0.1, 0.15) is 5.82 Å². The third-order valence-corrected chi connectivity index (χ3v) is 5.81. The van der Waals surface area contributed by atoms with E-state index < -0.39 is 6.10 Å². The van der Waals surface area contributed by atoms with Gasteiger partial charge in [-0.05, 0) is 37.7 Å². The van der Waals surface area contributed by atoms with E-state index in [0.29, 0.717) is 25.5 Å². The van der Waals surface area contributed by atoms with E-state index >= 15 is 0 Å². The summed E-state index contributed by atoms with van der Waals surface area (Å²) < 4.78 is 5.10. The van der Waals surface area contributed by atoms with Crippen LogP contribution in [0.2, 0.25) is 0 Å². The first kappa shape index (κ1) is 18.7. The van der Waals surface area contributed by atoms with Crippen molar-refractivity contribution in [1.82, 2.24) is 15.3 Å². The van der Waals surface area contributed by atoms with Gasteiger partial charge in [-0.3, -0.25) is 0 Å². The van der Waals surface area contributed by atoms with Gasteiger partial charge in [0.25, 0.3) is 0 Å². The van der Waals surface area contributed by atoms with Crippen molar-refractivity contribution in [3.63, 3.8) is 0 Å². The molecule has 2 aliphatic rings. The van der Waals surface area contributed by atoms with Crippen LogP contribution >= 0.6 is 0 Å². The molecule has 140 valence electrons. The second kappa shape index (κ2) is 9.03. The molecule has 6 heteroatoms. The summed E-state index contributed by atoms with van der Waals surface area (Å²) in [5, 5.41) is 24.0. The van der Waals surface area contributed by atoms with Crippen molar-refractivity contribution in [2.75, 3.05) is 20.3 Å². The van der Waals surface area contributed by atoms with Gasteiger partial charge >= 0.3 is 0 Å². The SMILES string of the molecule is COCCc1nccc(C[C@@H]2[C@@H](CO)[C@H](O)C[C@H]2NC2CCCC2)n1. The molecule has 2 fully saturated rings. The second-order valence-corrected chi connectivity index (χ2v) is 7.48. The Hall–Kier alpha value is -1.08. The van der Waals surface area contributed by atoms with Crippen LogP contribution in [0.15, 0.2) is 12.3 Å². The molecule has 0 aromatic carbocycles. The van der Waals surface area contributed by atoms with Gasteiger partial charge in [0.15, 0.2) is 0 Å². The van der Waals surface area contributed by atoms with E-state index in [1.54, 1.807) is 13.3 Å². The molecular weight excluding hydrogens is 318 g/mol. The highest BCUT2D eigenvalue weighted by atomic mass is 16.5. The van der Waals surface area contributed by atoms with Crippen LogP contribution in [0.1, 0.15) is 43.6 Å². The fourth-order valence-electron chi connectivity index (χ4n) is 4.44. The molecule has 0 bridgehead atoms. The fraction of sp³-hybridized carbons (Fsp3) is 0.789. The van der Waals surface area contributed by atoms with Crippen LogP contribution in [0.3, 0.4) is 0 Å². The summed E-state index contributed by atoms with van der Waals surface area (Å²) in [5.41, 5.74) is 0.983. The molecule has 0 spiro atoms. The Labute approximate surface area is 150 Å². The summed E-state index contributed by atoms with van der Waals surface area (Å²) in [6, 6.07) is 2.75. The van der Waals surface area contributed by atoms with Gasteiger partial charge in [0.05, 0.1) is 12.7 Å². The van der Waals surface area contributed by atoms with E-state index in [-0.39, 0.29) is 24.5 Å². The normalized spacial score (nSPS) is 30.2. The molecule has 25 heavy (non-hydrogen) atoms. The lowest BCUT2D eigenvalue weighted by molar-refractivity contribution is 0.0715. The summed E-state index contributed by atoms with van der Waals surface area (Å²) in [7, 11) is 1.68. The highest BCUT2D eigenvalue weighted by molar-refractivity contribution is 5.08. The molecular formula is C19H31N3O3. The minimum absolute atomic E-state index is 0.0241. The fourth-order valence-corrected chi connectivity index (χ4v) is 4.44. The van der Waals surface area contributed by atoms with Gasteiger partial charge in [-0.1, -0.05) is 12.8 Å². The molecule has 0 saturated heterocycles. The van der Waals surface area contributed by atoms with Crippen molar-refractivity contribution in [2.24, 2.45) is 11.8 Å². The van der Waals surface area contributed by atoms with E-state index in [1.165, 1.54) is 25.7 Å². The van der Waals surface area contributed by atoms with E-state index in [0.717, 1.165) is 17.9 Å². The molecule has 0 aliphatic heterocycles. The van der Waals surface area contributed by atoms with Crippen LogP contribution in [0, 0.1) is 11.8 Å². The van der Waals surface area contributed by atoms with Crippen molar-refractivity contribution in [3.8, 4) is 0 Å². The zero-order chi connectivity index (χ0) is 17.6. The third-order valence-electron chi connectivity index (χ3n) is 5.81. The molecule has 1 aromatic heterocycles. The molecule has 2 aliphatic carbocycles. The molecule has 3 N–H and O–H groups in total. The highest BCUT2D eigenvalue weighted by Crippen LogP contribution is 2.36. The summed E-state index contributed by atoms with van der Waals surface area (Å²) in [6.07, 6.45) is 8.55. The van der Waals surface area contributed by atoms with E-state index in [4.69, 9.17) is 4.74 Å². The van der Waals surface area contributed by atoms with Gasteiger partial charge in [-0.25, -0.2) is 9.97 Å². The van der Waals surface area contributed by atoms with Crippen LogP contribution < -0.4 is 5.32 Å². The first-order valence-electron chi connectivity index (χ1n) is 9.56. The van der Waals surface area contributed by atoms with Gasteiger partial charge in [0, 0.05) is 50.0 Å². The molecule has 2 saturated carbocycles. The van der Waals surface area contributed by atoms with Crippen molar-refractivity contribution in [1.29, 1.82) is 0 Å². The molecule has 3 rings (SSSR count). The zero-order valence-electron chi connectivity index (χ0n) is 15.1. The van der Waals surface area contributed by atoms with Crippen LogP contribution in [-0.4, -0.2) is 58.7 Å². The predicted molar refractivity (Wildman–Crippen MR) is 95.2 cm³/mol. The summed E-state index contributed by atoms with van der Waals surface area (Å²) >= 11 is 0. The second-order valence-electron chi connectivity index (χ2n) is 7.48. The summed E-state index contributed by atoms with van der Waals surface area (Å²) in [6.45, 7) is 0.632. The first-order valence-corrected chi connectivity index (χ1v) is 9.56. The van der Waals surface area contributed by atoms with Crippen molar-refractivity contribution >= 4 is 0 Å². The Bertz CT molecular complexity index is 536. The predicted octanol–water partition coefficient (Wildman–Crippen LogP) is 1.10. The standard InChI is InChI=1S/C19H31N3O3/c1-25-9-7-19-20-8-6-14(22-19)10-15-16(12-23)18(24)11-17(15)21-13-4-2-3-5-13/h6,8,13,15-18,21,23-24H,2-5,7,9-12H2,1H3/t15-,16-,17-,18-/m1/s1. The lowest BCUT2D eigenvalue weighted by Gasteiger charge is -2.27. The molecule has 4 atom stereocenters. The summed E-state index contributed by atoms with van der Waals surface area (Å²) in [4.78, 5) is 8.95.